The van der Waals surface area contributed by atoms with Crippen molar-refractivity contribution in [3.05, 3.63) is 5.69 Å². The number of aryl methyl sites for hydroxylation is 2. The molecule has 0 aliphatic rings. The second-order valence-corrected chi connectivity index (χ2v) is 4.79. The van der Waals surface area contributed by atoms with Gasteiger partial charge in [-0.05, 0) is 19.8 Å². The van der Waals surface area contributed by atoms with E-state index >= 15 is 0 Å². The number of nitrogens with zero attached hydrogens (tertiary/aromatic N) is 2. The molecule has 0 aliphatic carbocycles. The second kappa shape index (κ2) is 8.01. The predicted molar refractivity (Wildman–Crippen MR) is 75.9 cm³/mol. The van der Waals surface area contributed by atoms with Crippen molar-refractivity contribution in [2.75, 3.05) is 12.3 Å². The number of rotatable bonds is 9. The molecule has 4 nitrogen and oxygen atoms in total. The summed E-state index contributed by atoms with van der Waals surface area (Å²) in [7, 11) is 0. The molecular weight excluding hydrogens is 226 g/mol. The van der Waals surface area contributed by atoms with Gasteiger partial charge >= 0.3 is 0 Å². The van der Waals surface area contributed by atoms with E-state index in [9.17, 15) is 0 Å². The van der Waals surface area contributed by atoms with E-state index < -0.39 is 0 Å². The van der Waals surface area contributed by atoms with Crippen molar-refractivity contribution in [3.8, 4) is 5.88 Å². The van der Waals surface area contributed by atoms with Crippen LogP contribution in [0, 0.1) is 6.92 Å². The molecular formula is C14H27N3O. The van der Waals surface area contributed by atoms with E-state index in [1.54, 1.807) is 0 Å². The normalized spacial score (nSPS) is 10.8. The Morgan fingerprint density at radius 1 is 1.11 bits per heavy atom. The van der Waals surface area contributed by atoms with Gasteiger partial charge in [-0.2, -0.15) is 5.10 Å². The number of nitrogens with two attached hydrogens (primary N) is 1. The summed E-state index contributed by atoms with van der Waals surface area (Å²) in [4.78, 5) is 0. The molecule has 18 heavy (non-hydrogen) atoms. The van der Waals surface area contributed by atoms with Gasteiger partial charge in [0.05, 0.1) is 12.3 Å². The van der Waals surface area contributed by atoms with Gasteiger partial charge in [0.25, 0.3) is 0 Å². The summed E-state index contributed by atoms with van der Waals surface area (Å²) in [5, 5.41) is 4.39. The van der Waals surface area contributed by atoms with Crippen LogP contribution in [0.3, 0.4) is 0 Å². The minimum Gasteiger partial charge on any atom is -0.476 e. The summed E-state index contributed by atoms with van der Waals surface area (Å²) in [6.07, 6.45) is 7.24. The van der Waals surface area contributed by atoms with E-state index in [0.29, 0.717) is 5.69 Å². The summed E-state index contributed by atoms with van der Waals surface area (Å²) in [6, 6.07) is 0. The van der Waals surface area contributed by atoms with Crippen LogP contribution in [-0.2, 0) is 6.54 Å². The Morgan fingerprint density at radius 3 is 2.50 bits per heavy atom. The molecule has 0 fully saturated rings. The molecule has 0 saturated heterocycles. The van der Waals surface area contributed by atoms with Crippen LogP contribution in [0.15, 0.2) is 0 Å². The van der Waals surface area contributed by atoms with Crippen LogP contribution in [0.2, 0.25) is 0 Å². The first-order chi connectivity index (χ1) is 8.70. The van der Waals surface area contributed by atoms with Crippen molar-refractivity contribution in [3.63, 3.8) is 0 Å². The zero-order valence-electron chi connectivity index (χ0n) is 12.0. The number of nitrogen functional groups attached to an aromatic ring is 1. The Labute approximate surface area is 111 Å². The summed E-state index contributed by atoms with van der Waals surface area (Å²) in [5.74, 6) is 0.754. The lowest BCUT2D eigenvalue weighted by Crippen LogP contribution is -2.07. The maximum atomic E-state index is 5.99. The molecule has 1 heterocycles. The number of hydrogen-bond donors (Lipinski definition) is 1. The molecule has 0 aliphatic heterocycles. The van der Waals surface area contributed by atoms with Gasteiger partial charge in [0.1, 0.15) is 5.69 Å². The smallest absolute Gasteiger partial charge is 0.236 e. The molecule has 0 amide bonds. The highest BCUT2D eigenvalue weighted by Gasteiger charge is 2.12. The Balaban J connectivity index is 2.40. The van der Waals surface area contributed by atoms with E-state index in [4.69, 9.17) is 10.5 Å². The van der Waals surface area contributed by atoms with E-state index in [0.717, 1.165) is 37.6 Å². The Bertz CT molecular complexity index is 347. The quantitative estimate of drug-likeness (QED) is 0.685. The lowest BCUT2D eigenvalue weighted by Gasteiger charge is -2.09. The van der Waals surface area contributed by atoms with Crippen molar-refractivity contribution >= 4 is 5.69 Å². The van der Waals surface area contributed by atoms with Gasteiger partial charge in [-0.15, -0.1) is 0 Å². The van der Waals surface area contributed by atoms with Crippen molar-refractivity contribution in [1.82, 2.24) is 9.78 Å². The maximum absolute atomic E-state index is 5.99. The average molecular weight is 253 g/mol. The van der Waals surface area contributed by atoms with E-state index in [-0.39, 0.29) is 0 Å². The fraction of sp³-hybridized carbons (Fsp3) is 0.786. The van der Waals surface area contributed by atoms with Crippen molar-refractivity contribution < 1.29 is 4.74 Å². The lowest BCUT2D eigenvalue weighted by molar-refractivity contribution is 0.274. The maximum Gasteiger partial charge on any atom is 0.236 e. The fourth-order valence-electron chi connectivity index (χ4n) is 1.96. The first-order valence-electron chi connectivity index (χ1n) is 7.16. The summed E-state index contributed by atoms with van der Waals surface area (Å²) in [5.41, 5.74) is 7.54. The molecule has 0 unspecified atom stereocenters. The monoisotopic (exact) mass is 253 g/mol. The van der Waals surface area contributed by atoms with Gasteiger partial charge in [0, 0.05) is 6.54 Å². The fourth-order valence-corrected chi connectivity index (χ4v) is 1.96. The molecule has 4 heteroatoms. The number of hydrogen-bond acceptors (Lipinski definition) is 3. The lowest BCUT2D eigenvalue weighted by atomic mass is 10.2. The molecule has 1 aromatic rings. The molecule has 1 aromatic heterocycles. The molecule has 0 spiro atoms. The predicted octanol–water partition coefficient (Wildman–Crippen LogP) is 3.53. The SMILES string of the molecule is CCCCCCCOc1c(N)c(C)nn1CCC. The largest absolute Gasteiger partial charge is 0.476 e. The highest BCUT2D eigenvalue weighted by atomic mass is 16.5. The molecule has 2 N–H and O–H groups in total. The minimum absolute atomic E-state index is 0.692. The van der Waals surface area contributed by atoms with Crippen LogP contribution in [0.1, 0.15) is 58.1 Å². The second-order valence-electron chi connectivity index (χ2n) is 4.79. The number of ether oxygens (including phenoxy) is 1. The molecule has 0 atom stereocenters. The molecule has 1 rings (SSSR count). The van der Waals surface area contributed by atoms with Crippen molar-refractivity contribution in [2.45, 2.75) is 65.8 Å². The minimum atomic E-state index is 0.692. The van der Waals surface area contributed by atoms with Crippen LogP contribution in [-0.4, -0.2) is 16.4 Å². The van der Waals surface area contributed by atoms with Crippen LogP contribution < -0.4 is 10.5 Å². The molecule has 0 bridgehead atoms. The van der Waals surface area contributed by atoms with Gasteiger partial charge in [-0.25, -0.2) is 4.68 Å². The van der Waals surface area contributed by atoms with E-state index in [1.807, 2.05) is 11.6 Å². The van der Waals surface area contributed by atoms with Crippen LogP contribution in [0.5, 0.6) is 5.88 Å². The highest BCUT2D eigenvalue weighted by molar-refractivity contribution is 5.52. The Morgan fingerprint density at radius 2 is 1.83 bits per heavy atom. The van der Waals surface area contributed by atoms with Gasteiger partial charge in [-0.1, -0.05) is 39.5 Å². The molecule has 0 saturated carbocycles. The molecule has 0 aromatic carbocycles. The average Bonchev–Trinajstić information content (AvgIpc) is 2.61. The number of unbranched alkanes of at least 4 members (excludes halogenated alkanes) is 4. The standard InChI is InChI=1S/C14H27N3O/c1-4-6-7-8-9-11-18-14-13(15)12(3)16-17(14)10-5-2/h4-11,15H2,1-3H3. The zero-order valence-corrected chi connectivity index (χ0v) is 12.0. The third-order valence-electron chi connectivity index (χ3n) is 3.05. The molecule has 104 valence electrons. The van der Waals surface area contributed by atoms with E-state index in [2.05, 4.69) is 18.9 Å². The van der Waals surface area contributed by atoms with Crippen LogP contribution >= 0.6 is 0 Å². The van der Waals surface area contributed by atoms with E-state index in [1.165, 1.54) is 25.7 Å². The van der Waals surface area contributed by atoms with Crippen LogP contribution in [0.25, 0.3) is 0 Å². The Kier molecular flexibility index (Phi) is 6.61. The first kappa shape index (κ1) is 14.9. The summed E-state index contributed by atoms with van der Waals surface area (Å²) in [6.45, 7) is 7.88. The summed E-state index contributed by atoms with van der Waals surface area (Å²) >= 11 is 0. The van der Waals surface area contributed by atoms with Gasteiger partial charge < -0.3 is 10.5 Å². The Hall–Kier alpha value is -1.19. The number of anilines is 1. The third-order valence-corrected chi connectivity index (χ3v) is 3.05. The topological polar surface area (TPSA) is 53.1 Å². The third kappa shape index (κ3) is 4.24. The van der Waals surface area contributed by atoms with Crippen LogP contribution in [0.4, 0.5) is 5.69 Å². The van der Waals surface area contributed by atoms with Gasteiger partial charge in [0.15, 0.2) is 0 Å². The van der Waals surface area contributed by atoms with Gasteiger partial charge in [0.2, 0.25) is 5.88 Å². The first-order valence-corrected chi connectivity index (χ1v) is 7.16. The zero-order chi connectivity index (χ0) is 13.4. The molecule has 0 radical (unpaired) electrons. The number of aromatic nitrogens is 2. The summed E-state index contributed by atoms with van der Waals surface area (Å²) < 4.78 is 7.68. The highest BCUT2D eigenvalue weighted by Crippen LogP contribution is 2.25. The van der Waals surface area contributed by atoms with Crippen molar-refractivity contribution in [2.24, 2.45) is 0 Å². The van der Waals surface area contributed by atoms with Gasteiger partial charge in [-0.3, -0.25) is 0 Å². The van der Waals surface area contributed by atoms with Crippen molar-refractivity contribution in [1.29, 1.82) is 0 Å².